The number of fused-ring (bicyclic) bond motifs is 1. The highest BCUT2D eigenvalue weighted by Crippen LogP contribution is 2.38. The highest BCUT2D eigenvalue weighted by molar-refractivity contribution is 7.17. The number of aromatic hydroxyl groups is 1. The van der Waals surface area contributed by atoms with Crippen LogP contribution in [0.25, 0.3) is 21.3 Å². The molecule has 4 rings (SSSR count). The third-order valence-corrected chi connectivity index (χ3v) is 5.08. The van der Waals surface area contributed by atoms with Crippen molar-refractivity contribution in [3.8, 4) is 16.9 Å². The smallest absolute Gasteiger partial charge is 0.143 e. The Kier molecular flexibility index (Phi) is 3.86. The fourth-order valence-electron chi connectivity index (χ4n) is 2.83. The van der Waals surface area contributed by atoms with Gasteiger partial charge in [0.25, 0.3) is 0 Å². The van der Waals surface area contributed by atoms with Crippen molar-refractivity contribution in [1.29, 1.82) is 0 Å². The van der Waals surface area contributed by atoms with Gasteiger partial charge in [0.15, 0.2) is 0 Å². The monoisotopic (exact) mass is 347 g/mol. The maximum absolute atomic E-state index is 9.61. The maximum atomic E-state index is 9.61. The van der Waals surface area contributed by atoms with Gasteiger partial charge in [-0.2, -0.15) is 0 Å². The molecule has 2 heterocycles. The summed E-state index contributed by atoms with van der Waals surface area (Å²) in [5, 5.41) is 16.1. The zero-order valence-electron chi connectivity index (χ0n) is 13.9. The van der Waals surface area contributed by atoms with E-state index < -0.39 is 0 Å². The molecule has 0 spiro atoms. The number of rotatable bonds is 3. The average Bonchev–Trinajstić information content (AvgIpc) is 3.03. The van der Waals surface area contributed by atoms with Crippen molar-refractivity contribution in [1.82, 2.24) is 9.97 Å². The summed E-state index contributed by atoms with van der Waals surface area (Å²) < 4.78 is 0. The minimum Gasteiger partial charge on any atom is -0.508 e. The molecule has 25 heavy (non-hydrogen) atoms. The lowest BCUT2D eigenvalue weighted by Gasteiger charge is -2.11. The molecule has 0 aliphatic heterocycles. The van der Waals surface area contributed by atoms with Crippen molar-refractivity contribution in [3.05, 3.63) is 65.3 Å². The van der Waals surface area contributed by atoms with E-state index in [2.05, 4.69) is 51.9 Å². The summed E-state index contributed by atoms with van der Waals surface area (Å²) in [6.07, 6.45) is 1.58. The fraction of sp³-hybridized carbons (Fsp3) is 0.100. The Bertz CT molecular complexity index is 1050. The van der Waals surface area contributed by atoms with Gasteiger partial charge in [-0.05, 0) is 43.2 Å². The van der Waals surface area contributed by atoms with Crippen LogP contribution in [0.4, 0.5) is 11.5 Å². The van der Waals surface area contributed by atoms with Gasteiger partial charge in [-0.25, -0.2) is 9.97 Å². The molecule has 4 nitrogen and oxygen atoms in total. The van der Waals surface area contributed by atoms with Crippen LogP contribution in [0.2, 0.25) is 0 Å². The zero-order chi connectivity index (χ0) is 17.4. The predicted molar refractivity (Wildman–Crippen MR) is 104 cm³/mol. The Morgan fingerprint density at radius 3 is 2.56 bits per heavy atom. The van der Waals surface area contributed by atoms with Gasteiger partial charge in [0.1, 0.15) is 22.7 Å². The first-order valence-corrected chi connectivity index (χ1v) is 8.85. The van der Waals surface area contributed by atoms with Crippen LogP contribution in [-0.4, -0.2) is 15.1 Å². The molecule has 0 radical (unpaired) electrons. The van der Waals surface area contributed by atoms with E-state index in [0.29, 0.717) is 0 Å². The molecule has 0 aliphatic carbocycles. The third kappa shape index (κ3) is 2.94. The van der Waals surface area contributed by atoms with Gasteiger partial charge in [0.2, 0.25) is 0 Å². The van der Waals surface area contributed by atoms with Crippen molar-refractivity contribution in [2.45, 2.75) is 13.8 Å². The van der Waals surface area contributed by atoms with Crippen molar-refractivity contribution in [2.75, 3.05) is 5.32 Å². The molecule has 0 aliphatic rings. The van der Waals surface area contributed by atoms with Crippen LogP contribution in [0.15, 0.2) is 54.2 Å². The largest absolute Gasteiger partial charge is 0.508 e. The lowest BCUT2D eigenvalue weighted by atomic mass is 10.0. The molecule has 2 N–H and O–H groups in total. The van der Waals surface area contributed by atoms with Crippen LogP contribution in [0.3, 0.4) is 0 Å². The number of phenolic OH excluding ortho intramolecular Hbond substituents is 1. The normalized spacial score (nSPS) is 11.0. The number of nitrogens with one attached hydrogen (secondary N) is 1. The fourth-order valence-corrected chi connectivity index (χ4v) is 3.75. The summed E-state index contributed by atoms with van der Waals surface area (Å²) in [5.74, 6) is 1.03. The predicted octanol–water partition coefficient (Wildman–Crippen LogP) is 5.42. The van der Waals surface area contributed by atoms with E-state index in [1.807, 2.05) is 13.0 Å². The van der Waals surface area contributed by atoms with E-state index in [9.17, 15) is 5.11 Å². The molecule has 0 atom stereocenters. The quantitative estimate of drug-likeness (QED) is 0.486. The lowest BCUT2D eigenvalue weighted by Crippen LogP contribution is -1.97. The number of hydrogen-bond donors (Lipinski definition) is 2. The number of thiophene rings is 1. The number of aromatic nitrogens is 2. The molecule has 5 heteroatoms. The van der Waals surface area contributed by atoms with Crippen LogP contribution in [0.5, 0.6) is 5.75 Å². The molecule has 0 amide bonds. The van der Waals surface area contributed by atoms with Gasteiger partial charge in [-0.1, -0.05) is 29.8 Å². The number of anilines is 2. The highest BCUT2D eigenvalue weighted by Gasteiger charge is 2.14. The number of nitrogens with zero attached hydrogens (tertiary/aromatic N) is 2. The third-order valence-electron chi connectivity index (χ3n) is 4.20. The Hall–Kier alpha value is -2.92. The first kappa shape index (κ1) is 15.6. The van der Waals surface area contributed by atoms with Gasteiger partial charge < -0.3 is 10.4 Å². The van der Waals surface area contributed by atoms with Crippen molar-refractivity contribution in [2.24, 2.45) is 0 Å². The van der Waals surface area contributed by atoms with E-state index in [0.717, 1.165) is 38.4 Å². The molecule has 0 saturated heterocycles. The summed E-state index contributed by atoms with van der Waals surface area (Å²) >= 11 is 1.61. The van der Waals surface area contributed by atoms with Crippen LogP contribution in [0, 0.1) is 13.8 Å². The number of benzene rings is 2. The molecule has 0 bridgehead atoms. The SMILES string of the molecule is Cc1ccc(-c2csc3ncnc(Nc4ccc(O)cc4C)c23)cc1. The van der Waals surface area contributed by atoms with Gasteiger partial charge >= 0.3 is 0 Å². The summed E-state index contributed by atoms with van der Waals surface area (Å²) in [5.41, 5.74) is 5.38. The number of phenols is 1. The number of hydrogen-bond acceptors (Lipinski definition) is 5. The highest BCUT2D eigenvalue weighted by atomic mass is 32.1. The van der Waals surface area contributed by atoms with E-state index in [4.69, 9.17) is 0 Å². The van der Waals surface area contributed by atoms with E-state index in [1.54, 1.807) is 29.8 Å². The molecule has 0 unspecified atom stereocenters. The Morgan fingerprint density at radius 2 is 1.80 bits per heavy atom. The van der Waals surface area contributed by atoms with Crippen LogP contribution in [0.1, 0.15) is 11.1 Å². The molecular formula is C20H17N3OS. The summed E-state index contributed by atoms with van der Waals surface area (Å²) in [6, 6.07) is 13.7. The summed E-state index contributed by atoms with van der Waals surface area (Å²) in [4.78, 5) is 9.82. The second kappa shape index (κ2) is 6.18. The van der Waals surface area contributed by atoms with Gasteiger partial charge in [0, 0.05) is 16.6 Å². The average molecular weight is 347 g/mol. The molecule has 0 fully saturated rings. The minimum atomic E-state index is 0.256. The Balaban J connectivity index is 1.84. The van der Waals surface area contributed by atoms with E-state index >= 15 is 0 Å². The molecule has 4 aromatic rings. The summed E-state index contributed by atoms with van der Waals surface area (Å²) in [7, 11) is 0. The first-order chi connectivity index (χ1) is 12.1. The first-order valence-electron chi connectivity index (χ1n) is 7.98. The molecule has 2 aromatic carbocycles. The maximum Gasteiger partial charge on any atom is 0.143 e. The Labute approximate surface area is 149 Å². The Morgan fingerprint density at radius 1 is 1.00 bits per heavy atom. The molecule has 2 aromatic heterocycles. The second-order valence-corrected chi connectivity index (χ2v) is 6.90. The molecular weight excluding hydrogens is 330 g/mol. The molecule has 0 saturated carbocycles. The van der Waals surface area contributed by atoms with Crippen molar-refractivity contribution in [3.63, 3.8) is 0 Å². The second-order valence-electron chi connectivity index (χ2n) is 6.04. The van der Waals surface area contributed by atoms with Crippen molar-refractivity contribution < 1.29 is 5.11 Å². The van der Waals surface area contributed by atoms with Crippen LogP contribution >= 0.6 is 11.3 Å². The lowest BCUT2D eigenvalue weighted by molar-refractivity contribution is 0.475. The standard InChI is InChI=1S/C20H17N3OS/c1-12-3-5-14(6-4-12)16-10-25-20-18(16)19(21-11-22-20)23-17-8-7-15(24)9-13(17)2/h3-11,24H,1-2H3,(H,21,22,23). The summed E-state index contributed by atoms with van der Waals surface area (Å²) in [6.45, 7) is 4.04. The van der Waals surface area contributed by atoms with E-state index in [-0.39, 0.29) is 5.75 Å². The zero-order valence-corrected chi connectivity index (χ0v) is 14.8. The minimum absolute atomic E-state index is 0.256. The van der Waals surface area contributed by atoms with Crippen LogP contribution < -0.4 is 5.32 Å². The topological polar surface area (TPSA) is 58.0 Å². The van der Waals surface area contributed by atoms with Gasteiger partial charge in [0.05, 0.1) is 5.39 Å². The van der Waals surface area contributed by atoms with Gasteiger partial charge in [-0.3, -0.25) is 0 Å². The number of aryl methyl sites for hydroxylation is 2. The van der Waals surface area contributed by atoms with Crippen molar-refractivity contribution >= 4 is 33.1 Å². The van der Waals surface area contributed by atoms with Crippen LogP contribution in [-0.2, 0) is 0 Å². The molecule has 124 valence electrons. The van der Waals surface area contributed by atoms with Gasteiger partial charge in [-0.15, -0.1) is 11.3 Å². The van der Waals surface area contributed by atoms with E-state index in [1.165, 1.54) is 5.56 Å².